The summed E-state index contributed by atoms with van der Waals surface area (Å²) in [7, 11) is 0. The van der Waals surface area contributed by atoms with Crippen LogP contribution in [0.3, 0.4) is 0 Å². The Balaban J connectivity index is 0.00000272. The molecule has 1 aliphatic carbocycles. The summed E-state index contributed by atoms with van der Waals surface area (Å²) in [6.45, 7) is 7.52. The Bertz CT molecular complexity index is 858. The summed E-state index contributed by atoms with van der Waals surface area (Å²) in [5.74, 6) is -0.0766. The molecule has 2 aromatic rings. The van der Waals surface area contributed by atoms with Gasteiger partial charge in [0.05, 0.1) is 24.9 Å². The van der Waals surface area contributed by atoms with Crippen molar-refractivity contribution in [1.82, 2.24) is 19.9 Å². The van der Waals surface area contributed by atoms with Crippen LogP contribution >= 0.6 is 12.4 Å². The van der Waals surface area contributed by atoms with Gasteiger partial charge < -0.3 is 15.4 Å². The molecule has 1 saturated heterocycles. The first-order valence-corrected chi connectivity index (χ1v) is 11.0. The number of nitrogens with two attached hydrogens (primary N) is 1. The summed E-state index contributed by atoms with van der Waals surface area (Å²) in [5, 5.41) is 8.49. The molecule has 1 amide bonds. The zero-order valence-corrected chi connectivity index (χ0v) is 19.4. The zero-order valence-electron chi connectivity index (χ0n) is 18.6. The highest BCUT2D eigenvalue weighted by Gasteiger charge is 2.38. The van der Waals surface area contributed by atoms with Gasteiger partial charge in [-0.2, -0.15) is 0 Å². The molecule has 2 atom stereocenters. The van der Waals surface area contributed by atoms with Gasteiger partial charge in [-0.25, -0.2) is 4.68 Å². The highest BCUT2D eigenvalue weighted by molar-refractivity contribution is 5.92. The number of morpholine rings is 1. The molecular weight excluding hydrogens is 414 g/mol. The Kier molecular flexibility index (Phi) is 7.39. The number of halogens is 1. The fraction of sp³-hybridized carbons (Fsp3) is 0.609. The first-order chi connectivity index (χ1) is 14.3. The molecule has 2 aliphatic rings. The lowest BCUT2D eigenvalue weighted by Crippen LogP contribution is -2.51. The van der Waals surface area contributed by atoms with E-state index in [1.54, 1.807) is 0 Å². The Morgan fingerprint density at radius 1 is 1.10 bits per heavy atom. The molecule has 170 valence electrons. The third kappa shape index (κ3) is 5.45. The molecule has 2 fully saturated rings. The molecule has 0 bridgehead atoms. The van der Waals surface area contributed by atoms with Crippen molar-refractivity contribution in [3.63, 3.8) is 0 Å². The maximum atomic E-state index is 13.3. The lowest BCUT2D eigenvalue weighted by Gasteiger charge is -2.43. The maximum absolute atomic E-state index is 13.3. The average molecular weight is 448 g/mol. The van der Waals surface area contributed by atoms with Gasteiger partial charge in [0.2, 0.25) is 0 Å². The SMILES string of the molecule is CC(C)(C)[C@H]1CN(C(=O)c2cn(C3CCC(N)CC3)nn2)C[C@@H](c2ccccc2)O1.Cl. The standard InChI is InChI=1S/C23H33N5O2.ClH/c1-23(2,3)21-15-27(14-20(30-21)16-7-5-4-6-8-16)22(29)19-13-28(26-25-19)18-11-9-17(24)10-12-18;/h4-8,13,17-18,20-21H,9-12,14-15,24H2,1-3H3;1H/t17?,18?,20-,21+;/m0./s1. The minimum absolute atomic E-state index is 0. The van der Waals surface area contributed by atoms with Gasteiger partial charge in [0.15, 0.2) is 5.69 Å². The van der Waals surface area contributed by atoms with Crippen LogP contribution in [0.25, 0.3) is 0 Å². The van der Waals surface area contributed by atoms with Crippen molar-refractivity contribution in [3.05, 3.63) is 47.8 Å². The second-order valence-corrected chi connectivity index (χ2v) is 9.75. The van der Waals surface area contributed by atoms with Crippen molar-refractivity contribution in [1.29, 1.82) is 0 Å². The summed E-state index contributed by atoms with van der Waals surface area (Å²) in [6.07, 6.45) is 5.55. The number of hydrogen-bond donors (Lipinski definition) is 1. The lowest BCUT2D eigenvalue weighted by atomic mass is 9.87. The number of aromatic nitrogens is 3. The van der Waals surface area contributed by atoms with Crippen LogP contribution in [-0.4, -0.2) is 51.0 Å². The molecule has 1 saturated carbocycles. The van der Waals surface area contributed by atoms with E-state index in [4.69, 9.17) is 10.5 Å². The molecule has 4 rings (SSSR count). The first kappa shape index (κ1) is 23.7. The Hall–Kier alpha value is -1.96. The second kappa shape index (κ2) is 9.67. The van der Waals surface area contributed by atoms with Gasteiger partial charge in [0.1, 0.15) is 6.10 Å². The summed E-state index contributed by atoms with van der Waals surface area (Å²) < 4.78 is 8.27. The monoisotopic (exact) mass is 447 g/mol. The van der Waals surface area contributed by atoms with Crippen LogP contribution in [0.15, 0.2) is 36.5 Å². The molecule has 1 aliphatic heterocycles. The third-order valence-corrected chi connectivity index (χ3v) is 6.37. The topological polar surface area (TPSA) is 86.3 Å². The van der Waals surface area contributed by atoms with Crippen molar-refractivity contribution >= 4 is 18.3 Å². The van der Waals surface area contributed by atoms with Crippen LogP contribution in [-0.2, 0) is 4.74 Å². The zero-order chi connectivity index (χ0) is 21.3. The molecule has 0 spiro atoms. The number of amides is 1. The maximum Gasteiger partial charge on any atom is 0.276 e. The molecule has 0 unspecified atom stereocenters. The number of benzene rings is 1. The van der Waals surface area contributed by atoms with E-state index >= 15 is 0 Å². The summed E-state index contributed by atoms with van der Waals surface area (Å²) in [6, 6.07) is 10.7. The van der Waals surface area contributed by atoms with Crippen LogP contribution in [0.4, 0.5) is 0 Å². The normalized spacial score (nSPS) is 26.9. The van der Waals surface area contributed by atoms with Gasteiger partial charge >= 0.3 is 0 Å². The molecule has 2 heterocycles. The predicted octanol–water partition coefficient (Wildman–Crippen LogP) is 3.77. The number of hydrogen-bond acceptors (Lipinski definition) is 5. The number of ether oxygens (including phenoxy) is 1. The van der Waals surface area contributed by atoms with Crippen molar-refractivity contribution in [2.24, 2.45) is 11.1 Å². The summed E-state index contributed by atoms with van der Waals surface area (Å²) in [5.41, 5.74) is 7.44. The highest BCUT2D eigenvalue weighted by Crippen LogP contribution is 2.34. The van der Waals surface area contributed by atoms with Crippen LogP contribution in [0.1, 0.15) is 74.7 Å². The van der Waals surface area contributed by atoms with Crippen LogP contribution in [0.5, 0.6) is 0 Å². The van der Waals surface area contributed by atoms with Crippen molar-refractivity contribution in [3.8, 4) is 0 Å². The van der Waals surface area contributed by atoms with E-state index in [0.29, 0.717) is 18.8 Å². The molecule has 0 radical (unpaired) electrons. The van der Waals surface area contributed by atoms with E-state index in [2.05, 4.69) is 43.2 Å². The third-order valence-electron chi connectivity index (χ3n) is 6.37. The summed E-state index contributed by atoms with van der Waals surface area (Å²) in [4.78, 5) is 15.2. The predicted molar refractivity (Wildman–Crippen MR) is 122 cm³/mol. The number of carbonyl (C=O) groups is 1. The van der Waals surface area contributed by atoms with Crippen LogP contribution in [0, 0.1) is 5.41 Å². The van der Waals surface area contributed by atoms with E-state index in [9.17, 15) is 4.79 Å². The highest BCUT2D eigenvalue weighted by atomic mass is 35.5. The molecule has 1 aromatic heterocycles. The van der Waals surface area contributed by atoms with Gasteiger partial charge in [-0.1, -0.05) is 56.3 Å². The van der Waals surface area contributed by atoms with Crippen molar-refractivity contribution in [2.75, 3.05) is 13.1 Å². The van der Waals surface area contributed by atoms with Crippen LogP contribution < -0.4 is 5.73 Å². The summed E-state index contributed by atoms with van der Waals surface area (Å²) >= 11 is 0. The smallest absolute Gasteiger partial charge is 0.276 e. The largest absolute Gasteiger partial charge is 0.366 e. The van der Waals surface area contributed by atoms with Gasteiger partial charge in [-0.05, 0) is 36.7 Å². The van der Waals surface area contributed by atoms with E-state index in [0.717, 1.165) is 31.2 Å². The van der Waals surface area contributed by atoms with Gasteiger partial charge in [-0.3, -0.25) is 4.79 Å². The number of nitrogens with zero attached hydrogens (tertiary/aromatic N) is 4. The average Bonchev–Trinajstić information content (AvgIpc) is 3.23. The van der Waals surface area contributed by atoms with Gasteiger partial charge in [-0.15, -0.1) is 17.5 Å². The molecule has 8 heteroatoms. The molecule has 7 nitrogen and oxygen atoms in total. The fourth-order valence-corrected chi connectivity index (χ4v) is 4.34. The second-order valence-electron chi connectivity index (χ2n) is 9.75. The fourth-order valence-electron chi connectivity index (χ4n) is 4.34. The molecule has 31 heavy (non-hydrogen) atoms. The van der Waals surface area contributed by atoms with Crippen molar-refractivity contribution in [2.45, 2.75) is 70.7 Å². The van der Waals surface area contributed by atoms with Gasteiger partial charge in [0.25, 0.3) is 5.91 Å². The molecular formula is C23H34ClN5O2. The Morgan fingerprint density at radius 2 is 1.77 bits per heavy atom. The number of carbonyl (C=O) groups excluding carboxylic acids is 1. The lowest BCUT2D eigenvalue weighted by molar-refractivity contribution is -0.119. The van der Waals surface area contributed by atoms with E-state index in [-0.39, 0.29) is 48.0 Å². The van der Waals surface area contributed by atoms with Gasteiger partial charge in [0, 0.05) is 12.6 Å². The van der Waals surface area contributed by atoms with Crippen LogP contribution in [0.2, 0.25) is 0 Å². The quantitative estimate of drug-likeness (QED) is 0.773. The molecule has 2 N–H and O–H groups in total. The van der Waals surface area contributed by atoms with Crippen molar-refractivity contribution < 1.29 is 9.53 Å². The Morgan fingerprint density at radius 3 is 2.42 bits per heavy atom. The van der Waals surface area contributed by atoms with E-state index in [1.165, 1.54) is 0 Å². The number of rotatable bonds is 3. The molecule has 1 aromatic carbocycles. The van der Waals surface area contributed by atoms with E-state index < -0.39 is 0 Å². The Labute approximate surface area is 190 Å². The minimum atomic E-state index is -0.150. The minimum Gasteiger partial charge on any atom is -0.366 e. The first-order valence-electron chi connectivity index (χ1n) is 11.0. The van der Waals surface area contributed by atoms with E-state index in [1.807, 2.05) is 34.0 Å².